The van der Waals surface area contributed by atoms with E-state index in [0.717, 1.165) is 12.0 Å². The average molecular weight is 361 g/mol. The van der Waals surface area contributed by atoms with Crippen LogP contribution in [0.25, 0.3) is 0 Å². The lowest BCUT2D eigenvalue weighted by Crippen LogP contribution is -2.46. The lowest BCUT2D eigenvalue weighted by Gasteiger charge is -2.21. The minimum Gasteiger partial charge on any atom is -0.465 e. The van der Waals surface area contributed by atoms with Crippen LogP contribution in [0.5, 0.6) is 0 Å². The molecule has 7 heteroatoms. The Balaban J connectivity index is 1.72. The lowest BCUT2D eigenvalue weighted by atomic mass is 10.00. The second-order valence-electron chi connectivity index (χ2n) is 6.59. The SMILES string of the molecule is C=CC[C@H]1CN(C(=O)O)C[C@@H]1NCC(C)NC(=O)OCc1ccccc1. The summed E-state index contributed by atoms with van der Waals surface area (Å²) in [7, 11) is 0. The predicted molar refractivity (Wildman–Crippen MR) is 98.9 cm³/mol. The molecule has 2 amide bonds. The molecule has 1 saturated heterocycles. The van der Waals surface area contributed by atoms with Crippen molar-refractivity contribution in [3.05, 3.63) is 48.6 Å². The highest BCUT2D eigenvalue weighted by molar-refractivity contribution is 5.67. The van der Waals surface area contributed by atoms with Crippen molar-refractivity contribution >= 4 is 12.2 Å². The molecule has 0 saturated carbocycles. The van der Waals surface area contributed by atoms with E-state index in [1.807, 2.05) is 43.3 Å². The van der Waals surface area contributed by atoms with Gasteiger partial charge in [0.2, 0.25) is 0 Å². The smallest absolute Gasteiger partial charge is 0.407 e. The first-order valence-electron chi connectivity index (χ1n) is 8.79. The number of carboxylic acid groups (broad SMARTS) is 1. The van der Waals surface area contributed by atoms with Gasteiger partial charge in [0.1, 0.15) is 6.61 Å². The van der Waals surface area contributed by atoms with Crippen LogP contribution >= 0.6 is 0 Å². The second kappa shape index (κ2) is 9.82. The summed E-state index contributed by atoms with van der Waals surface area (Å²) in [6.45, 7) is 7.32. The normalized spacial score (nSPS) is 20.4. The van der Waals surface area contributed by atoms with E-state index in [2.05, 4.69) is 17.2 Å². The molecule has 1 fully saturated rings. The number of carbonyl (C=O) groups is 2. The maximum absolute atomic E-state index is 11.9. The van der Waals surface area contributed by atoms with Gasteiger partial charge in [-0.1, -0.05) is 36.4 Å². The molecule has 1 aliphatic heterocycles. The Morgan fingerprint density at radius 3 is 2.77 bits per heavy atom. The van der Waals surface area contributed by atoms with Gasteiger partial charge in [0, 0.05) is 31.7 Å². The molecular weight excluding hydrogens is 334 g/mol. The number of alkyl carbamates (subject to hydrolysis) is 1. The Morgan fingerprint density at radius 1 is 1.38 bits per heavy atom. The van der Waals surface area contributed by atoms with Gasteiger partial charge in [-0.05, 0) is 24.8 Å². The third-order valence-electron chi connectivity index (χ3n) is 4.44. The summed E-state index contributed by atoms with van der Waals surface area (Å²) in [5, 5.41) is 15.3. The molecule has 2 rings (SSSR count). The van der Waals surface area contributed by atoms with E-state index in [1.165, 1.54) is 4.90 Å². The van der Waals surface area contributed by atoms with Crippen LogP contribution in [-0.4, -0.2) is 53.9 Å². The highest BCUT2D eigenvalue weighted by Gasteiger charge is 2.34. The fourth-order valence-corrected chi connectivity index (χ4v) is 3.06. The molecule has 0 radical (unpaired) electrons. The van der Waals surface area contributed by atoms with Crippen LogP contribution < -0.4 is 10.6 Å². The van der Waals surface area contributed by atoms with Crippen LogP contribution in [-0.2, 0) is 11.3 Å². The molecule has 1 aromatic rings. The zero-order valence-corrected chi connectivity index (χ0v) is 15.1. The fraction of sp³-hybridized carbons (Fsp3) is 0.474. The number of rotatable bonds is 8. The van der Waals surface area contributed by atoms with Crippen molar-refractivity contribution in [3.63, 3.8) is 0 Å². The number of amides is 2. The molecule has 1 unspecified atom stereocenters. The molecule has 1 heterocycles. The Bertz CT molecular complexity index is 608. The van der Waals surface area contributed by atoms with Crippen LogP contribution in [0, 0.1) is 5.92 Å². The van der Waals surface area contributed by atoms with E-state index in [9.17, 15) is 9.59 Å². The zero-order valence-electron chi connectivity index (χ0n) is 15.1. The van der Waals surface area contributed by atoms with Gasteiger partial charge in [-0.25, -0.2) is 9.59 Å². The Hall–Kier alpha value is -2.54. The highest BCUT2D eigenvalue weighted by atomic mass is 16.5. The van der Waals surface area contributed by atoms with E-state index >= 15 is 0 Å². The molecule has 26 heavy (non-hydrogen) atoms. The topological polar surface area (TPSA) is 90.9 Å². The van der Waals surface area contributed by atoms with E-state index in [4.69, 9.17) is 9.84 Å². The summed E-state index contributed by atoms with van der Waals surface area (Å²) in [4.78, 5) is 24.5. The van der Waals surface area contributed by atoms with Crippen LogP contribution in [0.15, 0.2) is 43.0 Å². The van der Waals surface area contributed by atoms with Crippen molar-refractivity contribution < 1.29 is 19.4 Å². The number of carbonyl (C=O) groups excluding carboxylic acids is 1. The van der Waals surface area contributed by atoms with Gasteiger partial charge in [-0.2, -0.15) is 0 Å². The first kappa shape index (κ1) is 19.8. The molecule has 7 nitrogen and oxygen atoms in total. The Labute approximate surface area is 154 Å². The van der Waals surface area contributed by atoms with Gasteiger partial charge in [-0.15, -0.1) is 6.58 Å². The van der Waals surface area contributed by atoms with Crippen LogP contribution in [0.4, 0.5) is 9.59 Å². The summed E-state index contributed by atoms with van der Waals surface area (Å²) >= 11 is 0. The van der Waals surface area contributed by atoms with Crippen LogP contribution in [0.2, 0.25) is 0 Å². The molecule has 142 valence electrons. The van der Waals surface area contributed by atoms with Gasteiger partial charge in [0.25, 0.3) is 0 Å². The summed E-state index contributed by atoms with van der Waals surface area (Å²) in [6.07, 6.45) is 1.19. The predicted octanol–water partition coefficient (Wildman–Crippen LogP) is 2.45. The van der Waals surface area contributed by atoms with E-state index < -0.39 is 12.2 Å². The maximum atomic E-state index is 11.9. The second-order valence-corrected chi connectivity index (χ2v) is 6.59. The number of ether oxygens (including phenoxy) is 1. The number of benzene rings is 1. The van der Waals surface area contributed by atoms with E-state index in [-0.39, 0.29) is 24.6 Å². The number of hydrogen-bond acceptors (Lipinski definition) is 4. The number of nitrogens with zero attached hydrogens (tertiary/aromatic N) is 1. The van der Waals surface area contributed by atoms with Gasteiger partial charge in [-0.3, -0.25) is 0 Å². The third kappa shape index (κ3) is 6.07. The minimum absolute atomic E-state index is 0.0497. The molecule has 0 aliphatic carbocycles. The summed E-state index contributed by atoms with van der Waals surface area (Å²) in [5.74, 6) is 0.195. The molecule has 0 spiro atoms. The van der Waals surface area contributed by atoms with Crippen LogP contribution in [0.1, 0.15) is 18.9 Å². The van der Waals surface area contributed by atoms with Gasteiger partial charge in [0.15, 0.2) is 0 Å². The van der Waals surface area contributed by atoms with Crippen molar-refractivity contribution in [1.82, 2.24) is 15.5 Å². The molecular formula is C19H27N3O4. The van der Waals surface area contributed by atoms with Crippen LogP contribution in [0.3, 0.4) is 0 Å². The van der Waals surface area contributed by atoms with Gasteiger partial charge < -0.3 is 25.4 Å². The summed E-state index contributed by atoms with van der Waals surface area (Å²) in [5.41, 5.74) is 0.931. The lowest BCUT2D eigenvalue weighted by molar-refractivity contribution is 0.136. The number of allylic oxidation sites excluding steroid dienone is 1. The summed E-state index contributed by atoms with van der Waals surface area (Å²) in [6, 6.07) is 9.40. The van der Waals surface area contributed by atoms with E-state index in [0.29, 0.717) is 19.6 Å². The van der Waals surface area contributed by atoms with Gasteiger partial charge in [0.05, 0.1) is 0 Å². The summed E-state index contributed by atoms with van der Waals surface area (Å²) < 4.78 is 5.20. The zero-order chi connectivity index (χ0) is 18.9. The monoisotopic (exact) mass is 361 g/mol. The molecule has 1 aliphatic rings. The van der Waals surface area contributed by atoms with Crippen molar-refractivity contribution in [2.45, 2.75) is 32.0 Å². The van der Waals surface area contributed by atoms with E-state index in [1.54, 1.807) is 0 Å². The molecule has 0 aromatic heterocycles. The number of nitrogens with one attached hydrogen (secondary N) is 2. The molecule has 3 N–H and O–H groups in total. The van der Waals surface area contributed by atoms with Crippen molar-refractivity contribution in [3.8, 4) is 0 Å². The standard InChI is InChI=1S/C19H27N3O4/c1-3-7-16-11-22(19(24)25)12-17(16)20-10-14(2)21-18(23)26-13-15-8-5-4-6-9-15/h3-6,8-9,14,16-17,20H,1,7,10-13H2,2H3,(H,21,23)(H,24,25)/t14?,16-,17-/m0/s1. The molecule has 3 atom stereocenters. The quantitative estimate of drug-likeness (QED) is 0.619. The van der Waals surface area contributed by atoms with Crippen molar-refractivity contribution in [1.29, 1.82) is 0 Å². The average Bonchev–Trinajstić information content (AvgIpc) is 3.03. The molecule has 1 aromatic carbocycles. The number of hydrogen-bond donors (Lipinski definition) is 3. The highest BCUT2D eigenvalue weighted by Crippen LogP contribution is 2.20. The van der Waals surface area contributed by atoms with Gasteiger partial charge >= 0.3 is 12.2 Å². The largest absolute Gasteiger partial charge is 0.465 e. The Morgan fingerprint density at radius 2 is 2.12 bits per heavy atom. The van der Waals surface area contributed by atoms with Crippen molar-refractivity contribution in [2.24, 2.45) is 5.92 Å². The molecule has 0 bridgehead atoms. The first-order valence-corrected chi connectivity index (χ1v) is 8.79. The third-order valence-corrected chi connectivity index (χ3v) is 4.44. The fourth-order valence-electron chi connectivity index (χ4n) is 3.06. The first-order chi connectivity index (χ1) is 12.5. The number of likely N-dealkylation sites (tertiary alicyclic amines) is 1. The van der Waals surface area contributed by atoms with Crippen molar-refractivity contribution in [2.75, 3.05) is 19.6 Å². The minimum atomic E-state index is -0.904. The Kier molecular flexibility index (Phi) is 7.47. The maximum Gasteiger partial charge on any atom is 0.407 e.